The molecule has 1 saturated heterocycles. The van der Waals surface area contributed by atoms with Gasteiger partial charge in [-0.2, -0.15) is 4.31 Å². The number of aromatic nitrogens is 1. The second-order valence-electron chi connectivity index (χ2n) is 9.70. The van der Waals surface area contributed by atoms with Crippen molar-refractivity contribution in [3.63, 3.8) is 0 Å². The van der Waals surface area contributed by atoms with Crippen molar-refractivity contribution in [2.75, 3.05) is 25.1 Å². The quantitative estimate of drug-likeness (QED) is 0.280. The summed E-state index contributed by atoms with van der Waals surface area (Å²) in [6, 6.07) is 16.2. The summed E-state index contributed by atoms with van der Waals surface area (Å²) in [4.78, 5) is 20.7. The summed E-state index contributed by atoms with van der Waals surface area (Å²) in [6.07, 6.45) is 2.46. The number of sulfonamides is 1. The summed E-state index contributed by atoms with van der Waals surface area (Å²) in [5, 5.41) is 0.628. The highest BCUT2D eigenvalue weighted by Crippen LogP contribution is 2.36. The number of hydrogen-bond donors (Lipinski definition) is 0. The van der Waals surface area contributed by atoms with Crippen LogP contribution in [-0.2, 0) is 21.4 Å². The molecule has 1 amide bonds. The fraction of sp³-hybridized carbons (Fsp3) is 0.357. The van der Waals surface area contributed by atoms with Crippen LogP contribution in [0.25, 0.3) is 10.2 Å². The van der Waals surface area contributed by atoms with Crippen molar-refractivity contribution in [3.8, 4) is 5.75 Å². The van der Waals surface area contributed by atoms with Crippen molar-refractivity contribution in [1.29, 1.82) is 0 Å². The number of carbonyl (C=O) groups excluding carboxylic acids is 1. The number of amides is 1. The number of para-hydroxylation sites is 1. The van der Waals surface area contributed by atoms with Crippen LogP contribution in [-0.4, -0.2) is 43.8 Å². The smallest absolute Gasteiger partial charge is 0.243 e. The zero-order valence-corrected chi connectivity index (χ0v) is 23.3. The molecule has 1 aliphatic heterocycles. The Morgan fingerprint density at radius 1 is 1.13 bits per heavy atom. The van der Waals surface area contributed by atoms with E-state index in [2.05, 4.69) is 19.9 Å². The van der Waals surface area contributed by atoms with E-state index in [1.807, 2.05) is 18.2 Å². The Balaban J connectivity index is 1.37. The number of nitrogens with zero attached hydrogens (tertiary/aromatic N) is 3. The van der Waals surface area contributed by atoms with E-state index in [9.17, 15) is 13.2 Å². The normalized spacial score (nSPS) is 15.3. The molecular weight excluding hydrogens is 522 g/mol. The lowest BCUT2D eigenvalue weighted by molar-refractivity contribution is -0.123. The molecule has 1 aliphatic rings. The third-order valence-electron chi connectivity index (χ3n) is 6.95. The maximum atomic E-state index is 13.9. The van der Waals surface area contributed by atoms with Gasteiger partial charge in [0, 0.05) is 19.0 Å². The van der Waals surface area contributed by atoms with Crippen molar-refractivity contribution < 1.29 is 22.4 Å². The van der Waals surface area contributed by atoms with E-state index in [1.54, 1.807) is 41.5 Å². The fourth-order valence-corrected chi connectivity index (χ4v) is 7.27. The summed E-state index contributed by atoms with van der Waals surface area (Å²) in [5.41, 5.74) is 2.06. The first-order chi connectivity index (χ1) is 18.3. The zero-order valence-electron chi connectivity index (χ0n) is 21.7. The van der Waals surface area contributed by atoms with Gasteiger partial charge in [0.2, 0.25) is 15.9 Å². The molecule has 200 valence electrons. The SMILES string of the molecule is COc1ccc(S(=O)(=O)N2CCC(C(=O)N(Cc3ccco3)c3nc4c(C(C)C)cccc4s3)CC2)cc1. The van der Waals surface area contributed by atoms with Crippen LogP contribution >= 0.6 is 11.3 Å². The zero-order chi connectivity index (χ0) is 26.9. The summed E-state index contributed by atoms with van der Waals surface area (Å²) in [7, 11) is -2.11. The Bertz CT molecular complexity index is 1500. The van der Waals surface area contributed by atoms with Crippen LogP contribution in [0.5, 0.6) is 5.75 Å². The first-order valence-electron chi connectivity index (χ1n) is 12.7. The first-order valence-corrected chi connectivity index (χ1v) is 14.9. The summed E-state index contributed by atoms with van der Waals surface area (Å²) in [6.45, 7) is 5.08. The lowest BCUT2D eigenvalue weighted by Crippen LogP contribution is -2.44. The van der Waals surface area contributed by atoms with Gasteiger partial charge in [-0.15, -0.1) is 0 Å². The highest BCUT2D eigenvalue weighted by molar-refractivity contribution is 7.89. The molecule has 1 fully saturated rings. The highest BCUT2D eigenvalue weighted by Gasteiger charge is 2.35. The van der Waals surface area contributed by atoms with Crippen molar-refractivity contribution >= 4 is 42.6 Å². The monoisotopic (exact) mass is 553 g/mol. The maximum absolute atomic E-state index is 13.9. The van der Waals surface area contributed by atoms with Gasteiger partial charge in [0.1, 0.15) is 11.5 Å². The molecule has 0 spiro atoms. The molecule has 4 aromatic rings. The molecule has 0 N–H and O–H groups in total. The van der Waals surface area contributed by atoms with E-state index in [0.717, 1.165) is 15.8 Å². The van der Waals surface area contributed by atoms with Crippen molar-refractivity contribution in [1.82, 2.24) is 9.29 Å². The topological polar surface area (TPSA) is 93.0 Å². The largest absolute Gasteiger partial charge is 0.497 e. The minimum absolute atomic E-state index is 0.0620. The molecule has 3 heterocycles. The molecule has 0 atom stereocenters. The van der Waals surface area contributed by atoms with Crippen LogP contribution in [0.2, 0.25) is 0 Å². The number of ether oxygens (including phenoxy) is 1. The minimum atomic E-state index is -3.65. The average molecular weight is 554 g/mol. The van der Waals surface area contributed by atoms with Gasteiger partial charge in [-0.3, -0.25) is 9.69 Å². The summed E-state index contributed by atoms with van der Waals surface area (Å²) >= 11 is 1.49. The molecule has 8 nitrogen and oxygen atoms in total. The molecule has 0 bridgehead atoms. The molecule has 10 heteroatoms. The van der Waals surface area contributed by atoms with E-state index >= 15 is 0 Å². The Hall–Kier alpha value is -3.21. The number of rotatable bonds is 8. The van der Waals surface area contributed by atoms with E-state index in [1.165, 1.54) is 22.8 Å². The number of furan rings is 1. The molecule has 38 heavy (non-hydrogen) atoms. The average Bonchev–Trinajstić information content (AvgIpc) is 3.61. The molecule has 0 aliphatic carbocycles. The summed E-state index contributed by atoms with van der Waals surface area (Å²) < 4.78 is 39.6. The van der Waals surface area contributed by atoms with Crippen LogP contribution in [0.4, 0.5) is 5.13 Å². The number of benzene rings is 2. The lowest BCUT2D eigenvalue weighted by Gasteiger charge is -2.32. The van der Waals surface area contributed by atoms with Crippen molar-refractivity contribution in [3.05, 3.63) is 72.2 Å². The number of carbonyl (C=O) groups is 1. The van der Waals surface area contributed by atoms with Gasteiger partial charge in [0.15, 0.2) is 5.13 Å². The Morgan fingerprint density at radius 3 is 2.50 bits per heavy atom. The molecule has 2 aromatic heterocycles. The number of anilines is 1. The lowest BCUT2D eigenvalue weighted by atomic mass is 9.96. The number of piperidine rings is 1. The molecule has 5 rings (SSSR count). The number of fused-ring (bicyclic) bond motifs is 1. The van der Waals surface area contributed by atoms with Gasteiger partial charge in [0.05, 0.1) is 35.0 Å². The predicted molar refractivity (Wildman–Crippen MR) is 148 cm³/mol. The molecule has 0 unspecified atom stereocenters. The fourth-order valence-electron chi connectivity index (χ4n) is 4.80. The highest BCUT2D eigenvalue weighted by atomic mass is 32.2. The van der Waals surface area contributed by atoms with Gasteiger partial charge in [-0.25, -0.2) is 13.4 Å². The van der Waals surface area contributed by atoms with Gasteiger partial charge < -0.3 is 9.15 Å². The predicted octanol–water partition coefficient (Wildman–Crippen LogP) is 5.66. The van der Waals surface area contributed by atoms with Gasteiger partial charge in [-0.05, 0) is 66.8 Å². The van der Waals surface area contributed by atoms with E-state index in [4.69, 9.17) is 14.1 Å². The van der Waals surface area contributed by atoms with Crippen LogP contribution in [0.3, 0.4) is 0 Å². The van der Waals surface area contributed by atoms with E-state index in [-0.39, 0.29) is 36.4 Å². The third kappa shape index (κ3) is 5.21. The molecule has 2 aromatic carbocycles. The van der Waals surface area contributed by atoms with Crippen molar-refractivity contribution in [2.45, 2.75) is 44.0 Å². The minimum Gasteiger partial charge on any atom is -0.497 e. The van der Waals surface area contributed by atoms with Crippen LogP contribution in [0.1, 0.15) is 43.9 Å². The second-order valence-corrected chi connectivity index (χ2v) is 12.6. The van der Waals surface area contributed by atoms with Gasteiger partial charge in [0.25, 0.3) is 0 Å². The van der Waals surface area contributed by atoms with Crippen LogP contribution in [0.15, 0.2) is 70.2 Å². The van der Waals surface area contributed by atoms with Crippen molar-refractivity contribution in [2.24, 2.45) is 5.92 Å². The first kappa shape index (κ1) is 26.4. The molecule has 0 radical (unpaired) electrons. The van der Waals surface area contributed by atoms with Crippen LogP contribution < -0.4 is 9.64 Å². The maximum Gasteiger partial charge on any atom is 0.243 e. The number of thiazole rings is 1. The standard InChI is InChI=1S/C28H31N3O5S2/c1-19(2)24-7-4-8-25-26(24)29-28(37-25)31(18-22-6-5-17-36-22)27(32)20-13-15-30(16-14-20)38(33,34)23-11-9-21(35-3)10-12-23/h4-12,17,19-20H,13-16,18H2,1-3H3. The Morgan fingerprint density at radius 2 is 1.87 bits per heavy atom. The van der Waals surface area contributed by atoms with E-state index < -0.39 is 10.0 Å². The number of methoxy groups -OCH3 is 1. The van der Waals surface area contributed by atoms with Gasteiger partial charge in [-0.1, -0.05) is 37.3 Å². The molecule has 0 saturated carbocycles. The third-order valence-corrected chi connectivity index (χ3v) is 9.91. The van der Waals surface area contributed by atoms with E-state index in [0.29, 0.717) is 35.4 Å². The number of hydrogen-bond acceptors (Lipinski definition) is 7. The molecular formula is C28H31N3O5S2. The van der Waals surface area contributed by atoms with Gasteiger partial charge >= 0.3 is 0 Å². The Labute approximate surface area is 226 Å². The summed E-state index contributed by atoms with van der Waals surface area (Å²) in [5.74, 6) is 1.19. The Kier molecular flexibility index (Phi) is 7.56. The second kappa shape index (κ2) is 10.9. The van der Waals surface area contributed by atoms with Crippen LogP contribution in [0, 0.1) is 5.92 Å².